The fraction of sp³-hybridized carbons (Fsp3) is 0.500. The highest BCUT2D eigenvalue weighted by molar-refractivity contribution is 8.01. The standard InChI is InChI=1S/C8H11NOS2/c1-5(2)11-8-9-4-7(12-8)6(3)10/h4-5H,1-3H3. The van der Waals surface area contributed by atoms with Crippen molar-refractivity contribution in [1.29, 1.82) is 0 Å². The zero-order valence-corrected chi connectivity index (χ0v) is 8.96. The van der Waals surface area contributed by atoms with Crippen molar-refractivity contribution in [3.8, 4) is 0 Å². The average molecular weight is 201 g/mol. The van der Waals surface area contributed by atoms with Gasteiger partial charge in [0.2, 0.25) is 0 Å². The summed E-state index contributed by atoms with van der Waals surface area (Å²) in [6.07, 6.45) is 1.65. The van der Waals surface area contributed by atoms with Crippen molar-refractivity contribution in [3.05, 3.63) is 11.1 Å². The van der Waals surface area contributed by atoms with E-state index in [1.165, 1.54) is 11.3 Å². The molecule has 12 heavy (non-hydrogen) atoms. The van der Waals surface area contributed by atoms with E-state index in [0.717, 1.165) is 9.22 Å². The van der Waals surface area contributed by atoms with Crippen LogP contribution in [0.1, 0.15) is 30.4 Å². The first-order valence-electron chi connectivity index (χ1n) is 3.73. The van der Waals surface area contributed by atoms with Gasteiger partial charge in [0.15, 0.2) is 10.1 Å². The summed E-state index contributed by atoms with van der Waals surface area (Å²) in [5, 5.41) is 0.524. The Labute approximate surface area is 80.4 Å². The van der Waals surface area contributed by atoms with E-state index in [-0.39, 0.29) is 5.78 Å². The molecule has 0 radical (unpaired) electrons. The molecule has 4 heteroatoms. The number of rotatable bonds is 3. The van der Waals surface area contributed by atoms with Crippen LogP contribution < -0.4 is 0 Å². The third-order valence-electron chi connectivity index (χ3n) is 1.17. The predicted octanol–water partition coefficient (Wildman–Crippen LogP) is 2.85. The van der Waals surface area contributed by atoms with E-state index in [1.807, 2.05) is 0 Å². The molecule has 0 fully saturated rings. The minimum atomic E-state index is 0.100. The molecular formula is C8H11NOS2. The van der Waals surface area contributed by atoms with Crippen LogP contribution >= 0.6 is 23.1 Å². The van der Waals surface area contributed by atoms with Crippen LogP contribution in [-0.2, 0) is 0 Å². The Morgan fingerprint density at radius 1 is 1.67 bits per heavy atom. The van der Waals surface area contributed by atoms with Crippen LogP contribution in [0.2, 0.25) is 0 Å². The lowest BCUT2D eigenvalue weighted by atomic mass is 10.4. The third kappa shape index (κ3) is 2.60. The SMILES string of the molecule is CC(=O)c1cnc(SC(C)C)s1. The summed E-state index contributed by atoms with van der Waals surface area (Å²) >= 11 is 3.16. The first-order chi connectivity index (χ1) is 5.59. The quantitative estimate of drug-likeness (QED) is 0.556. The summed E-state index contributed by atoms with van der Waals surface area (Å²) in [6.45, 7) is 5.79. The van der Waals surface area contributed by atoms with Gasteiger partial charge in [-0.25, -0.2) is 4.98 Å². The molecule has 0 saturated heterocycles. The van der Waals surface area contributed by atoms with Gasteiger partial charge in [0.05, 0.1) is 11.1 Å². The predicted molar refractivity (Wildman–Crippen MR) is 53.1 cm³/mol. The highest BCUT2D eigenvalue weighted by Crippen LogP contribution is 2.27. The molecule has 0 aliphatic heterocycles. The summed E-state index contributed by atoms with van der Waals surface area (Å²) in [4.78, 5) is 15.8. The molecule has 0 aliphatic carbocycles. The molecule has 0 aromatic carbocycles. The van der Waals surface area contributed by atoms with Crippen molar-refractivity contribution in [2.24, 2.45) is 0 Å². The number of ketones is 1. The number of thiazole rings is 1. The fourth-order valence-corrected chi connectivity index (χ4v) is 2.78. The molecule has 0 saturated carbocycles. The van der Waals surface area contributed by atoms with E-state index in [4.69, 9.17) is 0 Å². The van der Waals surface area contributed by atoms with Gasteiger partial charge in [-0.3, -0.25) is 4.79 Å². The first kappa shape index (κ1) is 9.74. The van der Waals surface area contributed by atoms with Crippen LogP contribution in [-0.4, -0.2) is 16.0 Å². The van der Waals surface area contributed by atoms with Crippen molar-refractivity contribution < 1.29 is 4.79 Å². The Kier molecular flexibility index (Phi) is 3.29. The number of carbonyl (C=O) groups excluding carboxylic acids is 1. The second-order valence-electron chi connectivity index (χ2n) is 2.71. The zero-order valence-electron chi connectivity index (χ0n) is 7.33. The topological polar surface area (TPSA) is 30.0 Å². The van der Waals surface area contributed by atoms with Gasteiger partial charge in [0, 0.05) is 12.2 Å². The monoisotopic (exact) mass is 201 g/mol. The first-order valence-corrected chi connectivity index (χ1v) is 5.42. The van der Waals surface area contributed by atoms with Crippen LogP contribution in [0.15, 0.2) is 10.5 Å². The molecule has 1 aromatic rings. The number of Topliss-reactive ketones (excluding diaryl/α,β-unsaturated/α-hetero) is 1. The number of aromatic nitrogens is 1. The Morgan fingerprint density at radius 3 is 2.75 bits per heavy atom. The van der Waals surface area contributed by atoms with Gasteiger partial charge in [-0.1, -0.05) is 25.6 Å². The molecular weight excluding hydrogens is 190 g/mol. The minimum Gasteiger partial charge on any atom is -0.294 e. The van der Waals surface area contributed by atoms with Crippen molar-refractivity contribution in [2.45, 2.75) is 30.4 Å². The summed E-state index contributed by atoms with van der Waals surface area (Å²) in [6, 6.07) is 0. The van der Waals surface area contributed by atoms with Crippen molar-refractivity contribution in [1.82, 2.24) is 4.98 Å². The van der Waals surface area contributed by atoms with Gasteiger partial charge in [-0.05, 0) is 0 Å². The summed E-state index contributed by atoms with van der Waals surface area (Å²) in [7, 11) is 0. The molecule has 66 valence electrons. The Bertz CT molecular complexity index is 280. The highest BCUT2D eigenvalue weighted by atomic mass is 32.2. The Hall–Kier alpha value is -0.350. The molecule has 0 unspecified atom stereocenters. The van der Waals surface area contributed by atoms with E-state index in [1.54, 1.807) is 24.9 Å². The van der Waals surface area contributed by atoms with E-state index in [0.29, 0.717) is 5.25 Å². The van der Waals surface area contributed by atoms with Crippen molar-refractivity contribution in [2.75, 3.05) is 0 Å². The maximum absolute atomic E-state index is 10.9. The molecule has 0 N–H and O–H groups in total. The average Bonchev–Trinajstić information content (AvgIpc) is 2.34. The van der Waals surface area contributed by atoms with Crippen molar-refractivity contribution in [3.63, 3.8) is 0 Å². The lowest BCUT2D eigenvalue weighted by molar-refractivity contribution is 0.102. The second kappa shape index (κ2) is 4.05. The lowest BCUT2D eigenvalue weighted by Gasteiger charge is -1.97. The van der Waals surface area contributed by atoms with Crippen molar-refractivity contribution >= 4 is 28.9 Å². The summed E-state index contributed by atoms with van der Waals surface area (Å²) in [5.74, 6) is 0.100. The lowest BCUT2D eigenvalue weighted by Crippen LogP contribution is -1.84. The van der Waals surface area contributed by atoms with Crippen LogP contribution in [0.3, 0.4) is 0 Å². The van der Waals surface area contributed by atoms with Gasteiger partial charge in [0.25, 0.3) is 0 Å². The number of thioether (sulfide) groups is 1. The van der Waals surface area contributed by atoms with Crippen LogP contribution in [0.4, 0.5) is 0 Å². The summed E-state index contributed by atoms with van der Waals surface area (Å²) in [5.41, 5.74) is 0. The molecule has 0 bridgehead atoms. The number of hydrogen-bond acceptors (Lipinski definition) is 4. The molecule has 0 spiro atoms. The third-order valence-corrected chi connectivity index (χ3v) is 3.38. The molecule has 0 atom stereocenters. The minimum absolute atomic E-state index is 0.100. The number of carbonyl (C=O) groups is 1. The van der Waals surface area contributed by atoms with E-state index in [9.17, 15) is 4.79 Å². The Morgan fingerprint density at radius 2 is 2.33 bits per heavy atom. The van der Waals surface area contributed by atoms with Gasteiger partial charge in [-0.2, -0.15) is 0 Å². The largest absolute Gasteiger partial charge is 0.294 e. The van der Waals surface area contributed by atoms with Gasteiger partial charge in [0.1, 0.15) is 0 Å². The highest BCUT2D eigenvalue weighted by Gasteiger charge is 2.07. The maximum atomic E-state index is 10.9. The molecule has 2 nitrogen and oxygen atoms in total. The normalized spacial score (nSPS) is 10.7. The molecule has 0 amide bonds. The smallest absolute Gasteiger partial charge is 0.171 e. The van der Waals surface area contributed by atoms with Crippen LogP contribution in [0, 0.1) is 0 Å². The van der Waals surface area contributed by atoms with Crippen LogP contribution in [0.5, 0.6) is 0 Å². The molecule has 1 heterocycles. The van der Waals surface area contributed by atoms with Crippen LogP contribution in [0.25, 0.3) is 0 Å². The molecule has 1 rings (SSSR count). The second-order valence-corrected chi connectivity index (χ2v) is 5.57. The van der Waals surface area contributed by atoms with E-state index >= 15 is 0 Å². The molecule has 1 aromatic heterocycles. The van der Waals surface area contributed by atoms with E-state index in [2.05, 4.69) is 18.8 Å². The van der Waals surface area contributed by atoms with E-state index < -0.39 is 0 Å². The summed E-state index contributed by atoms with van der Waals surface area (Å²) < 4.78 is 0.982. The van der Waals surface area contributed by atoms with Gasteiger partial charge in [-0.15, -0.1) is 11.3 Å². The number of nitrogens with zero attached hydrogens (tertiary/aromatic N) is 1. The zero-order chi connectivity index (χ0) is 9.14. The fourth-order valence-electron chi connectivity index (χ4n) is 0.677. The maximum Gasteiger partial charge on any atom is 0.171 e. The number of hydrogen-bond donors (Lipinski definition) is 0. The van der Waals surface area contributed by atoms with Gasteiger partial charge >= 0.3 is 0 Å². The Balaban J connectivity index is 2.71. The molecule has 0 aliphatic rings. The van der Waals surface area contributed by atoms with Gasteiger partial charge < -0.3 is 0 Å².